The van der Waals surface area contributed by atoms with Crippen molar-refractivity contribution in [1.29, 1.82) is 0 Å². The molecule has 0 heterocycles. The SMILES string of the molecule is COC(=O)CN(Cc1ccc(Cl)cc1)C(=O)CCCc1ccccc1. The molecular formula is C20H22ClNO3. The number of rotatable bonds is 8. The number of esters is 1. The number of carbonyl (C=O) groups excluding carboxylic acids is 2. The van der Waals surface area contributed by atoms with Gasteiger partial charge in [-0.15, -0.1) is 0 Å². The predicted molar refractivity (Wildman–Crippen MR) is 98.3 cm³/mol. The molecule has 0 aliphatic heterocycles. The monoisotopic (exact) mass is 359 g/mol. The first-order valence-electron chi connectivity index (χ1n) is 8.21. The number of methoxy groups -OCH3 is 1. The van der Waals surface area contributed by atoms with Crippen LogP contribution in [0.1, 0.15) is 24.0 Å². The molecule has 0 saturated heterocycles. The molecule has 0 unspecified atom stereocenters. The number of benzene rings is 2. The van der Waals surface area contributed by atoms with Crippen LogP contribution in [0.15, 0.2) is 54.6 Å². The van der Waals surface area contributed by atoms with Crippen LogP contribution in [0, 0.1) is 0 Å². The van der Waals surface area contributed by atoms with Gasteiger partial charge < -0.3 is 9.64 Å². The fraction of sp³-hybridized carbons (Fsp3) is 0.300. The highest BCUT2D eigenvalue weighted by atomic mass is 35.5. The lowest BCUT2D eigenvalue weighted by molar-refractivity contribution is -0.147. The molecule has 2 aromatic carbocycles. The van der Waals surface area contributed by atoms with Crippen LogP contribution in [0.25, 0.3) is 0 Å². The summed E-state index contributed by atoms with van der Waals surface area (Å²) in [5.74, 6) is -0.485. The Morgan fingerprint density at radius 3 is 2.32 bits per heavy atom. The third-order valence-electron chi connectivity index (χ3n) is 3.89. The molecule has 2 aromatic rings. The number of ether oxygens (including phenoxy) is 1. The van der Waals surface area contributed by atoms with Crippen molar-refractivity contribution in [2.45, 2.75) is 25.8 Å². The van der Waals surface area contributed by atoms with Gasteiger partial charge in [0.05, 0.1) is 7.11 Å². The van der Waals surface area contributed by atoms with E-state index in [1.165, 1.54) is 17.6 Å². The van der Waals surface area contributed by atoms with Gasteiger partial charge in [0.15, 0.2) is 0 Å². The van der Waals surface area contributed by atoms with Crippen LogP contribution in [0.5, 0.6) is 0 Å². The minimum absolute atomic E-state index is 0.0523. The van der Waals surface area contributed by atoms with Crippen molar-refractivity contribution in [1.82, 2.24) is 4.90 Å². The zero-order valence-corrected chi connectivity index (χ0v) is 15.0. The normalized spacial score (nSPS) is 10.3. The Labute approximate surface area is 153 Å². The van der Waals surface area contributed by atoms with Crippen LogP contribution in [0.3, 0.4) is 0 Å². The number of hydrogen-bond donors (Lipinski definition) is 0. The summed E-state index contributed by atoms with van der Waals surface area (Å²) in [7, 11) is 1.32. The van der Waals surface area contributed by atoms with E-state index in [0.29, 0.717) is 18.0 Å². The molecule has 0 saturated carbocycles. The third kappa shape index (κ3) is 6.59. The van der Waals surface area contributed by atoms with Crippen molar-refractivity contribution in [2.24, 2.45) is 0 Å². The molecule has 0 aromatic heterocycles. The van der Waals surface area contributed by atoms with Crippen LogP contribution in [-0.4, -0.2) is 30.4 Å². The fourth-order valence-electron chi connectivity index (χ4n) is 2.51. The summed E-state index contributed by atoms with van der Waals surface area (Å²) < 4.78 is 4.71. The van der Waals surface area contributed by atoms with Gasteiger partial charge in [0.1, 0.15) is 6.54 Å². The first-order chi connectivity index (χ1) is 12.1. The lowest BCUT2D eigenvalue weighted by atomic mass is 10.1. The van der Waals surface area contributed by atoms with Gasteiger partial charge >= 0.3 is 5.97 Å². The van der Waals surface area contributed by atoms with E-state index in [9.17, 15) is 9.59 Å². The first kappa shape index (κ1) is 19.0. The van der Waals surface area contributed by atoms with Crippen molar-refractivity contribution in [3.05, 3.63) is 70.7 Å². The standard InChI is InChI=1S/C20H22ClNO3/c1-25-20(24)15-22(14-17-10-12-18(21)13-11-17)19(23)9-5-8-16-6-3-2-4-7-16/h2-4,6-7,10-13H,5,8-9,14-15H2,1H3. The molecule has 0 N–H and O–H groups in total. The largest absolute Gasteiger partial charge is 0.468 e. The molecule has 0 aliphatic carbocycles. The number of aryl methyl sites for hydroxylation is 1. The summed E-state index contributed by atoms with van der Waals surface area (Å²) in [4.78, 5) is 25.7. The topological polar surface area (TPSA) is 46.6 Å². The highest BCUT2D eigenvalue weighted by molar-refractivity contribution is 6.30. The van der Waals surface area contributed by atoms with Gasteiger partial charge in [-0.05, 0) is 36.1 Å². The van der Waals surface area contributed by atoms with Crippen molar-refractivity contribution in [3.8, 4) is 0 Å². The second-order valence-corrected chi connectivity index (χ2v) is 6.23. The number of amides is 1. The molecule has 0 atom stereocenters. The van der Waals surface area contributed by atoms with Gasteiger partial charge in [-0.1, -0.05) is 54.1 Å². The summed E-state index contributed by atoms with van der Waals surface area (Å²) in [6.45, 7) is 0.305. The molecule has 0 radical (unpaired) electrons. The summed E-state index contributed by atoms with van der Waals surface area (Å²) in [5, 5.41) is 0.637. The fourth-order valence-corrected chi connectivity index (χ4v) is 2.64. The molecule has 0 fully saturated rings. The van der Waals surface area contributed by atoms with Crippen LogP contribution in [0.4, 0.5) is 0 Å². The quantitative estimate of drug-likeness (QED) is 0.672. The molecule has 0 bridgehead atoms. The van der Waals surface area contributed by atoms with Gasteiger partial charge in [0, 0.05) is 18.0 Å². The first-order valence-corrected chi connectivity index (χ1v) is 8.59. The average molecular weight is 360 g/mol. The highest BCUT2D eigenvalue weighted by Gasteiger charge is 2.17. The van der Waals surface area contributed by atoms with Crippen LogP contribution in [0.2, 0.25) is 5.02 Å². The Hall–Kier alpha value is -2.33. The zero-order chi connectivity index (χ0) is 18.1. The van der Waals surface area contributed by atoms with E-state index in [-0.39, 0.29) is 12.5 Å². The second kappa shape index (κ2) is 9.84. The van der Waals surface area contributed by atoms with E-state index >= 15 is 0 Å². The zero-order valence-electron chi connectivity index (χ0n) is 14.3. The van der Waals surface area contributed by atoms with Crippen molar-refractivity contribution >= 4 is 23.5 Å². The lowest BCUT2D eigenvalue weighted by Crippen LogP contribution is -2.35. The maximum Gasteiger partial charge on any atom is 0.325 e. The molecule has 0 spiro atoms. The smallest absolute Gasteiger partial charge is 0.325 e. The minimum atomic E-state index is -0.426. The average Bonchev–Trinajstić information content (AvgIpc) is 2.63. The number of carbonyl (C=O) groups is 2. The molecule has 0 aliphatic rings. The van der Waals surface area contributed by atoms with Gasteiger partial charge in [0.2, 0.25) is 5.91 Å². The van der Waals surface area contributed by atoms with Gasteiger partial charge in [-0.2, -0.15) is 0 Å². The second-order valence-electron chi connectivity index (χ2n) is 5.79. The molecule has 5 heteroatoms. The Balaban J connectivity index is 1.94. The van der Waals surface area contributed by atoms with Crippen LogP contribution in [-0.2, 0) is 27.3 Å². The Morgan fingerprint density at radius 2 is 1.68 bits per heavy atom. The van der Waals surface area contributed by atoms with E-state index in [4.69, 9.17) is 16.3 Å². The summed E-state index contributed by atoms with van der Waals surface area (Å²) in [6.07, 6.45) is 1.96. The number of hydrogen-bond acceptors (Lipinski definition) is 3. The van der Waals surface area contributed by atoms with Gasteiger partial charge in [0.25, 0.3) is 0 Å². The van der Waals surface area contributed by atoms with E-state index in [0.717, 1.165) is 18.4 Å². The van der Waals surface area contributed by atoms with Crippen LogP contribution < -0.4 is 0 Å². The highest BCUT2D eigenvalue weighted by Crippen LogP contribution is 2.13. The van der Waals surface area contributed by atoms with Gasteiger partial charge in [-0.25, -0.2) is 0 Å². The predicted octanol–water partition coefficient (Wildman–Crippen LogP) is 3.86. The lowest BCUT2D eigenvalue weighted by Gasteiger charge is -2.21. The molecule has 25 heavy (non-hydrogen) atoms. The van der Waals surface area contributed by atoms with Gasteiger partial charge in [-0.3, -0.25) is 9.59 Å². The Morgan fingerprint density at radius 1 is 1.00 bits per heavy atom. The maximum atomic E-state index is 12.5. The summed E-state index contributed by atoms with van der Waals surface area (Å²) in [5.41, 5.74) is 2.12. The van der Waals surface area contributed by atoms with Crippen molar-refractivity contribution < 1.29 is 14.3 Å². The number of halogens is 1. The summed E-state index contributed by atoms with van der Waals surface area (Å²) in [6, 6.07) is 17.3. The Kier molecular flexibility index (Phi) is 7.48. The van der Waals surface area contributed by atoms with Crippen molar-refractivity contribution in [2.75, 3.05) is 13.7 Å². The minimum Gasteiger partial charge on any atom is -0.468 e. The van der Waals surface area contributed by atoms with Crippen molar-refractivity contribution in [3.63, 3.8) is 0 Å². The summed E-state index contributed by atoms with van der Waals surface area (Å²) >= 11 is 5.89. The molecular weight excluding hydrogens is 338 g/mol. The number of nitrogens with zero attached hydrogens (tertiary/aromatic N) is 1. The van der Waals surface area contributed by atoms with E-state index in [1.807, 2.05) is 42.5 Å². The maximum absolute atomic E-state index is 12.5. The Bertz CT molecular complexity index is 686. The van der Waals surface area contributed by atoms with E-state index in [1.54, 1.807) is 12.1 Å². The molecule has 132 valence electrons. The van der Waals surface area contributed by atoms with E-state index in [2.05, 4.69) is 0 Å². The van der Waals surface area contributed by atoms with E-state index < -0.39 is 5.97 Å². The molecule has 4 nitrogen and oxygen atoms in total. The van der Waals surface area contributed by atoms with Crippen LogP contribution >= 0.6 is 11.6 Å². The third-order valence-corrected chi connectivity index (χ3v) is 4.14. The molecule has 2 rings (SSSR count). The molecule has 1 amide bonds.